The number of hydrogen-bond acceptors (Lipinski definition) is 7. The molecule has 0 aliphatic rings. The molecule has 150 valence electrons. The highest BCUT2D eigenvalue weighted by atomic mass is 32.1. The summed E-state index contributed by atoms with van der Waals surface area (Å²) in [6.07, 6.45) is 3.24. The second-order valence-electron chi connectivity index (χ2n) is 6.46. The Hall–Kier alpha value is -3.78. The summed E-state index contributed by atoms with van der Waals surface area (Å²) in [5.74, 6) is -1.43. The summed E-state index contributed by atoms with van der Waals surface area (Å²) in [4.78, 5) is 24.8. The molecule has 0 atom stereocenters. The minimum Gasteiger partial charge on any atom is -0.507 e. The van der Waals surface area contributed by atoms with E-state index in [9.17, 15) is 9.90 Å². The van der Waals surface area contributed by atoms with Gasteiger partial charge in [0.05, 0.1) is 10.6 Å². The van der Waals surface area contributed by atoms with Gasteiger partial charge in [0.2, 0.25) is 0 Å². The van der Waals surface area contributed by atoms with Gasteiger partial charge in [-0.3, -0.25) is 0 Å². The van der Waals surface area contributed by atoms with Gasteiger partial charge < -0.3 is 14.9 Å². The van der Waals surface area contributed by atoms with Crippen LogP contribution in [0, 0.1) is 6.92 Å². The molecule has 0 amide bonds. The topological polar surface area (TPSA) is 105 Å². The molecule has 0 unspecified atom stereocenters. The van der Waals surface area contributed by atoms with E-state index in [1.165, 1.54) is 23.5 Å². The number of rotatable bonds is 6. The predicted octanol–water partition coefficient (Wildman–Crippen LogP) is 4.56. The minimum atomic E-state index is -1.16. The highest BCUT2D eigenvalue weighted by molar-refractivity contribution is 7.15. The third-order valence-electron chi connectivity index (χ3n) is 4.39. The summed E-state index contributed by atoms with van der Waals surface area (Å²) in [5, 5.41) is 19.9. The number of hydrogen-bond donors (Lipinski definition) is 2. The Kier molecular flexibility index (Phi) is 5.40. The Morgan fingerprint density at radius 3 is 2.50 bits per heavy atom. The van der Waals surface area contributed by atoms with Gasteiger partial charge in [0.15, 0.2) is 0 Å². The fourth-order valence-electron chi connectivity index (χ4n) is 3.00. The van der Waals surface area contributed by atoms with E-state index in [4.69, 9.17) is 9.84 Å². The molecule has 0 fully saturated rings. The van der Waals surface area contributed by atoms with Crippen LogP contribution in [0.25, 0.3) is 21.6 Å². The number of nitrogens with zero attached hydrogens (tertiary/aromatic N) is 3. The number of phenols is 1. The lowest BCUT2D eigenvalue weighted by Gasteiger charge is -2.07. The Bertz CT molecular complexity index is 1210. The first kappa shape index (κ1) is 19.5. The lowest BCUT2D eigenvalue weighted by atomic mass is 10.0. The van der Waals surface area contributed by atoms with Crippen molar-refractivity contribution in [2.75, 3.05) is 0 Å². The van der Waals surface area contributed by atoms with Crippen molar-refractivity contribution in [3.8, 4) is 33.3 Å². The van der Waals surface area contributed by atoms with Gasteiger partial charge in [-0.2, -0.15) is 0 Å². The molecule has 0 radical (unpaired) electrons. The number of aromatic nitrogens is 3. The molecule has 2 aromatic heterocycles. The average molecular weight is 419 g/mol. The summed E-state index contributed by atoms with van der Waals surface area (Å²) >= 11 is 1.53. The number of carbonyl (C=O) groups is 1. The van der Waals surface area contributed by atoms with Gasteiger partial charge in [0.25, 0.3) is 0 Å². The zero-order valence-corrected chi connectivity index (χ0v) is 16.8. The van der Waals surface area contributed by atoms with E-state index in [-0.39, 0.29) is 17.9 Å². The van der Waals surface area contributed by atoms with Crippen LogP contribution in [-0.4, -0.2) is 31.1 Å². The second kappa shape index (κ2) is 8.30. The maximum Gasteiger partial charge on any atom is 0.339 e. The molecule has 4 rings (SSSR count). The SMILES string of the molecule is Cc1nc(COc2ncccn2)sc1-c1cccc(-c2ccc(C(=O)O)c(O)c2)c1. The van der Waals surface area contributed by atoms with E-state index in [2.05, 4.69) is 15.0 Å². The largest absolute Gasteiger partial charge is 0.507 e. The molecule has 0 spiro atoms. The molecule has 0 aliphatic heterocycles. The highest BCUT2D eigenvalue weighted by Crippen LogP contribution is 2.34. The third kappa shape index (κ3) is 4.13. The molecular weight excluding hydrogens is 402 g/mol. The number of thiazole rings is 1. The average Bonchev–Trinajstić information content (AvgIpc) is 3.13. The van der Waals surface area contributed by atoms with E-state index in [1.54, 1.807) is 24.5 Å². The van der Waals surface area contributed by atoms with Crippen LogP contribution >= 0.6 is 11.3 Å². The monoisotopic (exact) mass is 419 g/mol. The number of benzene rings is 2. The van der Waals surface area contributed by atoms with Crippen LogP contribution in [0.5, 0.6) is 11.8 Å². The van der Waals surface area contributed by atoms with Crippen molar-refractivity contribution in [3.05, 3.63) is 77.2 Å². The van der Waals surface area contributed by atoms with Crippen LogP contribution in [0.1, 0.15) is 21.1 Å². The third-order valence-corrected chi connectivity index (χ3v) is 5.57. The molecule has 0 saturated heterocycles. The van der Waals surface area contributed by atoms with Crippen LogP contribution in [0.3, 0.4) is 0 Å². The molecule has 8 heteroatoms. The van der Waals surface area contributed by atoms with Crippen molar-refractivity contribution in [2.24, 2.45) is 0 Å². The Labute approximate surface area is 176 Å². The first-order valence-corrected chi connectivity index (χ1v) is 9.86. The normalized spacial score (nSPS) is 10.7. The van der Waals surface area contributed by atoms with Crippen molar-refractivity contribution in [3.63, 3.8) is 0 Å². The van der Waals surface area contributed by atoms with Crippen LogP contribution in [-0.2, 0) is 6.61 Å². The summed E-state index contributed by atoms with van der Waals surface area (Å²) in [6.45, 7) is 2.22. The van der Waals surface area contributed by atoms with Crippen LogP contribution in [0.4, 0.5) is 0 Å². The van der Waals surface area contributed by atoms with Crippen molar-refractivity contribution in [1.29, 1.82) is 0 Å². The smallest absolute Gasteiger partial charge is 0.339 e. The van der Waals surface area contributed by atoms with E-state index < -0.39 is 5.97 Å². The van der Waals surface area contributed by atoms with Gasteiger partial charge in [-0.05, 0) is 47.9 Å². The molecule has 7 nitrogen and oxygen atoms in total. The van der Waals surface area contributed by atoms with Gasteiger partial charge in [0.1, 0.15) is 22.9 Å². The number of aromatic carboxylic acids is 1. The Balaban J connectivity index is 1.59. The molecule has 2 aromatic carbocycles. The predicted molar refractivity (Wildman–Crippen MR) is 113 cm³/mol. The van der Waals surface area contributed by atoms with E-state index in [1.807, 2.05) is 31.2 Å². The summed E-state index contributed by atoms with van der Waals surface area (Å²) in [6, 6.07) is 14.4. The quantitative estimate of drug-likeness (QED) is 0.472. The Morgan fingerprint density at radius 1 is 1.03 bits per heavy atom. The standard InChI is InChI=1S/C22H17N3O4S/c1-13-20(30-19(25-13)12-29-22-23-8-3-9-24-22)16-5-2-4-14(10-16)15-6-7-17(21(27)28)18(26)11-15/h2-11,26H,12H2,1H3,(H,27,28). The number of carboxylic acid groups (broad SMARTS) is 1. The van der Waals surface area contributed by atoms with Gasteiger partial charge in [-0.25, -0.2) is 19.7 Å². The number of aryl methyl sites for hydroxylation is 1. The number of carboxylic acids is 1. The molecule has 30 heavy (non-hydrogen) atoms. The second-order valence-corrected chi connectivity index (χ2v) is 7.54. The molecule has 0 bridgehead atoms. The molecule has 2 heterocycles. The maximum absolute atomic E-state index is 11.1. The van der Waals surface area contributed by atoms with E-state index >= 15 is 0 Å². The van der Waals surface area contributed by atoms with E-state index in [0.717, 1.165) is 32.3 Å². The highest BCUT2D eigenvalue weighted by Gasteiger charge is 2.14. The van der Waals surface area contributed by atoms with Crippen LogP contribution in [0.15, 0.2) is 60.9 Å². The first-order valence-electron chi connectivity index (χ1n) is 9.04. The minimum absolute atomic E-state index is 0.125. The summed E-state index contributed by atoms with van der Waals surface area (Å²) in [7, 11) is 0. The van der Waals surface area contributed by atoms with Gasteiger partial charge in [0, 0.05) is 12.4 Å². The molecule has 0 saturated carbocycles. The zero-order chi connectivity index (χ0) is 21.1. The zero-order valence-electron chi connectivity index (χ0n) is 15.9. The fraction of sp³-hybridized carbons (Fsp3) is 0.0909. The molecule has 0 aliphatic carbocycles. The summed E-state index contributed by atoms with van der Waals surface area (Å²) in [5.41, 5.74) is 3.33. The van der Waals surface area contributed by atoms with Gasteiger partial charge in [-0.1, -0.05) is 24.3 Å². The van der Waals surface area contributed by atoms with Crippen LogP contribution < -0.4 is 4.74 Å². The lowest BCUT2D eigenvalue weighted by molar-refractivity contribution is 0.0694. The number of ether oxygens (including phenoxy) is 1. The molecule has 4 aromatic rings. The van der Waals surface area contributed by atoms with Gasteiger partial charge >= 0.3 is 12.0 Å². The lowest BCUT2D eigenvalue weighted by Crippen LogP contribution is -1.98. The van der Waals surface area contributed by atoms with Crippen molar-refractivity contribution >= 4 is 17.3 Å². The van der Waals surface area contributed by atoms with Crippen molar-refractivity contribution in [2.45, 2.75) is 13.5 Å². The van der Waals surface area contributed by atoms with Gasteiger partial charge in [-0.15, -0.1) is 11.3 Å². The molecular formula is C22H17N3O4S. The number of aromatic hydroxyl groups is 1. The van der Waals surface area contributed by atoms with E-state index in [0.29, 0.717) is 6.01 Å². The molecule has 2 N–H and O–H groups in total. The van der Waals surface area contributed by atoms with Crippen molar-refractivity contribution in [1.82, 2.24) is 15.0 Å². The van der Waals surface area contributed by atoms with Crippen molar-refractivity contribution < 1.29 is 19.7 Å². The summed E-state index contributed by atoms with van der Waals surface area (Å²) < 4.78 is 5.58. The fourth-order valence-corrected chi connectivity index (χ4v) is 3.97. The van der Waals surface area contributed by atoms with Crippen LogP contribution in [0.2, 0.25) is 0 Å². The maximum atomic E-state index is 11.1. The first-order chi connectivity index (χ1) is 14.5. The Morgan fingerprint density at radius 2 is 1.77 bits per heavy atom.